The lowest BCUT2D eigenvalue weighted by Crippen LogP contribution is -2.58. The highest BCUT2D eigenvalue weighted by atomic mass is 16.5. The molecule has 0 aromatic heterocycles. The Labute approximate surface area is 131 Å². The summed E-state index contributed by atoms with van der Waals surface area (Å²) in [5.74, 6) is 0.206. The molecule has 1 aromatic rings. The topological polar surface area (TPSA) is 58.6 Å². The van der Waals surface area contributed by atoms with E-state index in [4.69, 9.17) is 4.74 Å². The van der Waals surface area contributed by atoms with Crippen LogP contribution in [-0.2, 0) is 9.53 Å². The molecule has 2 rings (SSSR count). The maximum Gasteiger partial charge on any atom is 0.279 e. The summed E-state index contributed by atoms with van der Waals surface area (Å²) in [5.41, 5.74) is 2.51. The summed E-state index contributed by atoms with van der Waals surface area (Å²) in [6, 6.07) is 3.32. The van der Waals surface area contributed by atoms with Gasteiger partial charge in [0.1, 0.15) is 18.8 Å². The summed E-state index contributed by atoms with van der Waals surface area (Å²) < 4.78 is 6.10. The fourth-order valence-electron chi connectivity index (χ4n) is 3.03. The quantitative estimate of drug-likeness (QED) is 0.497. The van der Waals surface area contributed by atoms with Crippen LogP contribution in [0.15, 0.2) is 24.8 Å². The monoisotopic (exact) mass is 305 g/mol. The lowest BCUT2D eigenvalue weighted by molar-refractivity contribution is -0.922. The second kappa shape index (κ2) is 6.94. The molecule has 5 heteroatoms. The van der Waals surface area contributed by atoms with Crippen LogP contribution < -0.4 is 5.32 Å². The number of nitrogens with zero attached hydrogens (tertiary/aromatic N) is 1. The highest BCUT2D eigenvalue weighted by molar-refractivity contribution is 5.93. The van der Waals surface area contributed by atoms with Gasteiger partial charge in [-0.1, -0.05) is 6.58 Å². The van der Waals surface area contributed by atoms with Gasteiger partial charge in [-0.25, -0.2) is 0 Å². The number of benzene rings is 1. The number of aromatic hydroxyl groups is 1. The van der Waals surface area contributed by atoms with Gasteiger partial charge >= 0.3 is 0 Å². The first-order valence-corrected chi connectivity index (χ1v) is 7.59. The molecule has 0 bridgehead atoms. The predicted molar refractivity (Wildman–Crippen MR) is 87.0 cm³/mol. The van der Waals surface area contributed by atoms with Gasteiger partial charge in [0.2, 0.25) is 0 Å². The van der Waals surface area contributed by atoms with Crippen molar-refractivity contribution >= 4 is 11.6 Å². The highest BCUT2D eigenvalue weighted by Gasteiger charge is 2.32. The van der Waals surface area contributed by atoms with E-state index in [1.54, 1.807) is 12.1 Å². The summed E-state index contributed by atoms with van der Waals surface area (Å²) in [6.07, 6.45) is 1.87. The summed E-state index contributed by atoms with van der Waals surface area (Å²) in [5, 5.41) is 12.6. The zero-order valence-electron chi connectivity index (χ0n) is 13.4. The molecule has 120 valence electrons. The van der Waals surface area contributed by atoms with Crippen LogP contribution in [0.5, 0.6) is 5.75 Å². The number of hydrogen-bond acceptors (Lipinski definition) is 3. The van der Waals surface area contributed by atoms with Gasteiger partial charge < -0.3 is 19.6 Å². The van der Waals surface area contributed by atoms with Gasteiger partial charge in [0.15, 0.2) is 6.54 Å². The number of amides is 1. The van der Waals surface area contributed by atoms with Crippen LogP contribution in [0, 0.1) is 13.8 Å². The number of ether oxygens (including phenoxy) is 1. The maximum absolute atomic E-state index is 12.5. The fourth-order valence-corrected chi connectivity index (χ4v) is 3.03. The Morgan fingerprint density at radius 3 is 2.50 bits per heavy atom. The Kier molecular flexibility index (Phi) is 5.21. The van der Waals surface area contributed by atoms with E-state index in [0.717, 1.165) is 36.4 Å². The van der Waals surface area contributed by atoms with E-state index in [0.29, 0.717) is 24.2 Å². The third-order valence-electron chi connectivity index (χ3n) is 4.20. The third kappa shape index (κ3) is 3.87. The number of anilines is 1. The maximum atomic E-state index is 12.5. The average Bonchev–Trinajstić information content (AvgIpc) is 2.44. The van der Waals surface area contributed by atoms with E-state index >= 15 is 0 Å². The Bertz CT molecular complexity index is 540. The fraction of sp³-hybridized carbons (Fsp3) is 0.471. The van der Waals surface area contributed by atoms with E-state index in [1.165, 1.54) is 0 Å². The molecule has 0 spiro atoms. The zero-order valence-corrected chi connectivity index (χ0v) is 13.4. The number of morpholine rings is 1. The van der Waals surface area contributed by atoms with Crippen molar-refractivity contribution in [3.63, 3.8) is 0 Å². The first kappa shape index (κ1) is 16.5. The number of aryl methyl sites for hydroxylation is 2. The van der Waals surface area contributed by atoms with Crippen molar-refractivity contribution in [2.24, 2.45) is 0 Å². The Morgan fingerprint density at radius 2 is 1.95 bits per heavy atom. The summed E-state index contributed by atoms with van der Waals surface area (Å²) in [6.45, 7) is 11.8. The molecule has 0 atom stereocenters. The molecule has 1 fully saturated rings. The first-order chi connectivity index (χ1) is 10.5. The molecule has 1 aromatic carbocycles. The molecule has 1 amide bonds. The van der Waals surface area contributed by atoms with Crippen LogP contribution in [0.1, 0.15) is 11.1 Å². The molecule has 2 N–H and O–H groups in total. The van der Waals surface area contributed by atoms with Crippen LogP contribution in [0.3, 0.4) is 0 Å². The minimum atomic E-state index is -0.0133. The van der Waals surface area contributed by atoms with Crippen molar-refractivity contribution in [1.29, 1.82) is 0 Å². The van der Waals surface area contributed by atoms with Crippen molar-refractivity contribution in [2.75, 3.05) is 44.7 Å². The van der Waals surface area contributed by atoms with Crippen molar-refractivity contribution in [1.82, 2.24) is 0 Å². The largest absolute Gasteiger partial charge is 0.508 e. The summed E-state index contributed by atoms with van der Waals surface area (Å²) in [4.78, 5) is 12.5. The van der Waals surface area contributed by atoms with E-state index in [2.05, 4.69) is 11.9 Å². The minimum Gasteiger partial charge on any atom is -0.508 e. The lowest BCUT2D eigenvalue weighted by atomic mass is 10.1. The number of phenols is 1. The van der Waals surface area contributed by atoms with Crippen LogP contribution >= 0.6 is 0 Å². The van der Waals surface area contributed by atoms with Gasteiger partial charge in [0.25, 0.3) is 5.91 Å². The van der Waals surface area contributed by atoms with Crippen LogP contribution in [0.4, 0.5) is 5.69 Å². The molecule has 0 radical (unpaired) electrons. The molecule has 1 heterocycles. The second-order valence-corrected chi connectivity index (χ2v) is 6.03. The molecule has 22 heavy (non-hydrogen) atoms. The number of phenolic OH excluding ortho intramolecular Hbond substituents is 1. The number of hydrogen-bond donors (Lipinski definition) is 2. The Morgan fingerprint density at radius 1 is 1.36 bits per heavy atom. The standard InChI is InChI=1S/C17H24N2O3/c1-4-5-19(6-8-22-9-7-19)12-16(21)18-17-13(2)10-15(20)11-14(17)3/h4,10-11H,1,5-9,12H2,2-3H3,(H-,18,20,21)/p+1. The molecule has 1 aliphatic heterocycles. The first-order valence-electron chi connectivity index (χ1n) is 7.59. The van der Waals surface area contributed by atoms with Gasteiger partial charge in [-0.05, 0) is 43.2 Å². The number of nitrogens with one attached hydrogen (secondary N) is 1. The van der Waals surface area contributed by atoms with Crippen molar-refractivity contribution in [3.05, 3.63) is 35.9 Å². The number of rotatable bonds is 5. The number of carbonyl (C=O) groups excluding carboxylic acids is 1. The van der Waals surface area contributed by atoms with Crippen molar-refractivity contribution in [2.45, 2.75) is 13.8 Å². The van der Waals surface area contributed by atoms with Crippen LogP contribution in [-0.4, -0.2) is 54.9 Å². The molecule has 1 saturated heterocycles. The van der Waals surface area contributed by atoms with Gasteiger partial charge in [0.05, 0.1) is 19.8 Å². The predicted octanol–water partition coefficient (Wildman–Crippen LogP) is 1.98. The molecule has 0 unspecified atom stereocenters. The molecule has 0 aliphatic carbocycles. The van der Waals surface area contributed by atoms with E-state index < -0.39 is 0 Å². The molecule has 5 nitrogen and oxygen atoms in total. The zero-order chi connectivity index (χ0) is 16.2. The molecular weight excluding hydrogens is 280 g/mol. The van der Waals surface area contributed by atoms with Gasteiger partial charge in [-0.3, -0.25) is 4.79 Å². The highest BCUT2D eigenvalue weighted by Crippen LogP contribution is 2.25. The lowest BCUT2D eigenvalue weighted by Gasteiger charge is -2.39. The average molecular weight is 305 g/mol. The summed E-state index contributed by atoms with van der Waals surface area (Å²) >= 11 is 0. The van der Waals surface area contributed by atoms with Gasteiger partial charge in [-0.2, -0.15) is 0 Å². The second-order valence-electron chi connectivity index (χ2n) is 6.03. The molecular formula is C17H25N2O3+. The number of carbonyl (C=O) groups is 1. The van der Waals surface area contributed by atoms with E-state index in [-0.39, 0.29) is 11.7 Å². The Balaban J connectivity index is 2.10. The molecule has 0 saturated carbocycles. The van der Waals surface area contributed by atoms with Crippen molar-refractivity contribution in [3.8, 4) is 5.75 Å². The summed E-state index contributed by atoms with van der Waals surface area (Å²) in [7, 11) is 0. The van der Waals surface area contributed by atoms with Gasteiger partial charge in [0, 0.05) is 5.69 Å². The minimum absolute atomic E-state index is 0.0133. The SMILES string of the molecule is C=CC[N+]1(CC(=O)Nc2c(C)cc(O)cc2C)CCOCC1. The van der Waals surface area contributed by atoms with E-state index in [1.807, 2.05) is 19.9 Å². The third-order valence-corrected chi connectivity index (χ3v) is 4.20. The van der Waals surface area contributed by atoms with Crippen LogP contribution in [0.25, 0.3) is 0 Å². The van der Waals surface area contributed by atoms with Crippen LogP contribution in [0.2, 0.25) is 0 Å². The Hall–Kier alpha value is -1.85. The normalized spacial score (nSPS) is 17.0. The van der Waals surface area contributed by atoms with E-state index in [9.17, 15) is 9.90 Å². The smallest absolute Gasteiger partial charge is 0.279 e. The molecule has 1 aliphatic rings. The number of quaternary nitrogens is 1. The van der Waals surface area contributed by atoms with Gasteiger partial charge in [-0.15, -0.1) is 0 Å². The van der Waals surface area contributed by atoms with Crippen molar-refractivity contribution < 1.29 is 19.1 Å².